The standard InChI is InChI=1S/C20H28N2O3/c1-15(23)17-8-5-10-22(13-17)20(25)18-12-19(24)21(14-18)11-9-16-6-3-2-4-7-16/h2-4,6-7,15,17-18,23H,5,8-14H2,1H3. The van der Waals surface area contributed by atoms with E-state index in [4.69, 9.17) is 0 Å². The van der Waals surface area contributed by atoms with E-state index in [9.17, 15) is 14.7 Å². The number of aliphatic hydroxyl groups excluding tert-OH is 1. The van der Waals surface area contributed by atoms with E-state index in [1.807, 2.05) is 28.0 Å². The molecule has 5 heteroatoms. The van der Waals surface area contributed by atoms with Crippen LogP contribution in [0.1, 0.15) is 31.7 Å². The molecule has 1 N–H and O–H groups in total. The first-order valence-electron chi connectivity index (χ1n) is 9.33. The predicted octanol–water partition coefficient (Wildman–Crippen LogP) is 1.70. The fraction of sp³-hybridized carbons (Fsp3) is 0.600. The molecule has 3 rings (SSSR count). The second-order valence-electron chi connectivity index (χ2n) is 7.40. The van der Waals surface area contributed by atoms with E-state index in [1.165, 1.54) is 5.56 Å². The van der Waals surface area contributed by atoms with Crippen LogP contribution in [0.2, 0.25) is 0 Å². The summed E-state index contributed by atoms with van der Waals surface area (Å²) in [5.41, 5.74) is 1.21. The van der Waals surface area contributed by atoms with Gasteiger partial charge in [-0.25, -0.2) is 0 Å². The van der Waals surface area contributed by atoms with E-state index in [-0.39, 0.29) is 29.8 Å². The third-order valence-corrected chi connectivity index (χ3v) is 5.53. The zero-order chi connectivity index (χ0) is 17.8. The van der Waals surface area contributed by atoms with Crippen LogP contribution in [0.25, 0.3) is 0 Å². The van der Waals surface area contributed by atoms with E-state index >= 15 is 0 Å². The molecule has 3 atom stereocenters. The summed E-state index contributed by atoms with van der Waals surface area (Å²) in [6.07, 6.45) is 2.65. The molecule has 2 aliphatic heterocycles. The lowest BCUT2D eigenvalue weighted by Crippen LogP contribution is -2.45. The first-order chi connectivity index (χ1) is 12.0. The SMILES string of the molecule is CC(O)C1CCCN(C(=O)C2CC(=O)N(CCc3ccccc3)C2)C1. The molecule has 0 aromatic heterocycles. The summed E-state index contributed by atoms with van der Waals surface area (Å²) in [4.78, 5) is 28.8. The largest absolute Gasteiger partial charge is 0.393 e. The quantitative estimate of drug-likeness (QED) is 0.884. The molecular weight excluding hydrogens is 316 g/mol. The molecule has 25 heavy (non-hydrogen) atoms. The third kappa shape index (κ3) is 4.40. The molecule has 3 unspecified atom stereocenters. The predicted molar refractivity (Wildman–Crippen MR) is 95.8 cm³/mol. The van der Waals surface area contributed by atoms with Crippen molar-refractivity contribution in [1.29, 1.82) is 0 Å². The highest BCUT2D eigenvalue weighted by atomic mass is 16.3. The fourth-order valence-corrected chi connectivity index (χ4v) is 3.92. The molecule has 2 amide bonds. The summed E-state index contributed by atoms with van der Waals surface area (Å²) in [6.45, 7) is 4.36. The van der Waals surface area contributed by atoms with Gasteiger partial charge in [-0.05, 0) is 31.7 Å². The minimum Gasteiger partial charge on any atom is -0.393 e. The minimum absolute atomic E-state index is 0.0818. The Hall–Kier alpha value is -1.88. The van der Waals surface area contributed by atoms with Crippen LogP contribution in [0.4, 0.5) is 0 Å². The molecule has 1 aromatic carbocycles. The maximum Gasteiger partial charge on any atom is 0.228 e. The highest BCUT2D eigenvalue weighted by molar-refractivity contribution is 5.89. The summed E-state index contributed by atoms with van der Waals surface area (Å²) in [7, 11) is 0. The zero-order valence-corrected chi connectivity index (χ0v) is 14.9. The van der Waals surface area contributed by atoms with Gasteiger partial charge in [-0.1, -0.05) is 30.3 Å². The number of likely N-dealkylation sites (tertiary alicyclic amines) is 2. The summed E-state index contributed by atoms with van der Waals surface area (Å²) in [5, 5.41) is 9.80. The van der Waals surface area contributed by atoms with Gasteiger partial charge >= 0.3 is 0 Å². The monoisotopic (exact) mass is 344 g/mol. The molecule has 0 spiro atoms. The molecule has 5 nitrogen and oxygen atoms in total. The number of hydrogen-bond acceptors (Lipinski definition) is 3. The molecule has 2 saturated heterocycles. The van der Waals surface area contributed by atoms with Gasteiger partial charge in [0, 0.05) is 38.5 Å². The van der Waals surface area contributed by atoms with E-state index in [1.54, 1.807) is 6.92 Å². The number of amides is 2. The van der Waals surface area contributed by atoms with Crippen molar-refractivity contribution in [1.82, 2.24) is 9.80 Å². The van der Waals surface area contributed by atoms with Crippen LogP contribution in [0, 0.1) is 11.8 Å². The molecule has 0 bridgehead atoms. The molecule has 2 heterocycles. The molecule has 0 aliphatic carbocycles. The van der Waals surface area contributed by atoms with Gasteiger partial charge in [-0.3, -0.25) is 9.59 Å². The van der Waals surface area contributed by atoms with Crippen LogP contribution in [-0.4, -0.2) is 59.0 Å². The first-order valence-corrected chi connectivity index (χ1v) is 9.33. The summed E-state index contributed by atoms with van der Waals surface area (Å²) in [6, 6.07) is 10.1. The number of benzene rings is 1. The second kappa shape index (κ2) is 8.00. The van der Waals surface area contributed by atoms with E-state index in [0.717, 1.165) is 25.8 Å². The molecule has 136 valence electrons. The van der Waals surface area contributed by atoms with Crippen molar-refractivity contribution in [3.8, 4) is 0 Å². The van der Waals surface area contributed by atoms with Crippen LogP contribution in [0.3, 0.4) is 0 Å². The van der Waals surface area contributed by atoms with Gasteiger partial charge in [-0.15, -0.1) is 0 Å². The number of hydrogen-bond donors (Lipinski definition) is 1. The van der Waals surface area contributed by atoms with Gasteiger partial charge in [0.05, 0.1) is 12.0 Å². The van der Waals surface area contributed by atoms with E-state index < -0.39 is 0 Å². The lowest BCUT2D eigenvalue weighted by Gasteiger charge is -2.35. The normalized spacial score (nSPS) is 25.3. The van der Waals surface area contributed by atoms with Gasteiger partial charge < -0.3 is 14.9 Å². The maximum absolute atomic E-state index is 12.8. The Morgan fingerprint density at radius 3 is 2.76 bits per heavy atom. The lowest BCUT2D eigenvalue weighted by atomic mass is 9.92. The van der Waals surface area contributed by atoms with E-state index in [0.29, 0.717) is 26.1 Å². The summed E-state index contributed by atoms with van der Waals surface area (Å²) in [5.74, 6) is 0.0966. The lowest BCUT2D eigenvalue weighted by molar-refractivity contribution is -0.138. The van der Waals surface area contributed by atoms with Crippen LogP contribution < -0.4 is 0 Å². The Morgan fingerprint density at radius 2 is 2.04 bits per heavy atom. The van der Waals surface area contributed by atoms with Crippen molar-refractivity contribution in [3.63, 3.8) is 0 Å². The van der Waals surface area contributed by atoms with Gasteiger partial charge in [0.15, 0.2) is 0 Å². The summed E-state index contributed by atoms with van der Waals surface area (Å²) < 4.78 is 0. The van der Waals surface area contributed by atoms with Crippen molar-refractivity contribution in [2.24, 2.45) is 11.8 Å². The Morgan fingerprint density at radius 1 is 1.28 bits per heavy atom. The molecule has 1 aromatic rings. The van der Waals surface area contributed by atoms with Gasteiger partial charge in [0.2, 0.25) is 11.8 Å². The van der Waals surface area contributed by atoms with Gasteiger partial charge in [0.25, 0.3) is 0 Å². The topological polar surface area (TPSA) is 60.9 Å². The number of carbonyl (C=O) groups excluding carboxylic acids is 2. The van der Waals surface area contributed by atoms with Crippen molar-refractivity contribution in [2.75, 3.05) is 26.2 Å². The van der Waals surface area contributed by atoms with Gasteiger partial charge in [-0.2, -0.15) is 0 Å². The third-order valence-electron chi connectivity index (χ3n) is 5.53. The van der Waals surface area contributed by atoms with Crippen LogP contribution in [0.15, 0.2) is 30.3 Å². The molecule has 2 aliphatic rings. The number of nitrogens with zero attached hydrogens (tertiary/aromatic N) is 2. The Bertz CT molecular complexity index is 602. The highest BCUT2D eigenvalue weighted by Crippen LogP contribution is 2.25. The van der Waals surface area contributed by atoms with Crippen molar-refractivity contribution in [2.45, 2.75) is 38.7 Å². The molecule has 2 fully saturated rings. The van der Waals surface area contributed by atoms with Crippen LogP contribution >= 0.6 is 0 Å². The van der Waals surface area contributed by atoms with E-state index in [2.05, 4.69) is 12.1 Å². The zero-order valence-electron chi connectivity index (χ0n) is 14.9. The van der Waals surface area contributed by atoms with Gasteiger partial charge in [0.1, 0.15) is 0 Å². The number of rotatable bonds is 5. The maximum atomic E-state index is 12.8. The Balaban J connectivity index is 1.53. The van der Waals surface area contributed by atoms with Crippen molar-refractivity contribution in [3.05, 3.63) is 35.9 Å². The second-order valence-corrected chi connectivity index (χ2v) is 7.40. The average Bonchev–Trinajstić information content (AvgIpc) is 3.01. The number of aliphatic hydroxyl groups is 1. The molecular formula is C20H28N2O3. The minimum atomic E-state index is -0.386. The molecule has 0 radical (unpaired) electrons. The highest BCUT2D eigenvalue weighted by Gasteiger charge is 2.37. The number of carbonyl (C=O) groups is 2. The Labute approximate surface area is 149 Å². The van der Waals surface area contributed by atoms with Crippen molar-refractivity contribution >= 4 is 11.8 Å². The first kappa shape index (κ1) is 17.9. The fourth-order valence-electron chi connectivity index (χ4n) is 3.92. The Kier molecular flexibility index (Phi) is 5.74. The van der Waals surface area contributed by atoms with Crippen LogP contribution in [0.5, 0.6) is 0 Å². The van der Waals surface area contributed by atoms with Crippen LogP contribution in [-0.2, 0) is 16.0 Å². The smallest absolute Gasteiger partial charge is 0.228 e. The summed E-state index contributed by atoms with van der Waals surface area (Å²) >= 11 is 0. The average molecular weight is 344 g/mol. The number of piperidine rings is 1. The van der Waals surface area contributed by atoms with Crippen molar-refractivity contribution < 1.29 is 14.7 Å². The molecule has 0 saturated carbocycles.